The van der Waals surface area contributed by atoms with E-state index in [4.69, 9.17) is 31.5 Å². The van der Waals surface area contributed by atoms with Crippen LogP contribution in [0, 0.1) is 17.8 Å². The molecule has 38 heavy (non-hydrogen) atoms. The predicted octanol–water partition coefficient (Wildman–Crippen LogP) is 3.31. The van der Waals surface area contributed by atoms with Crippen molar-refractivity contribution in [3.63, 3.8) is 0 Å². The van der Waals surface area contributed by atoms with E-state index in [9.17, 15) is 9.59 Å². The molecule has 2 aromatic carbocycles. The smallest absolute Gasteiger partial charge is 0.296 e. The Morgan fingerprint density at radius 1 is 1.11 bits per heavy atom. The Labute approximate surface area is 228 Å². The maximum atomic E-state index is 13.5. The van der Waals surface area contributed by atoms with E-state index >= 15 is 0 Å². The van der Waals surface area contributed by atoms with Crippen LogP contribution in [0.5, 0.6) is 11.5 Å². The summed E-state index contributed by atoms with van der Waals surface area (Å²) in [4.78, 5) is 27.3. The summed E-state index contributed by atoms with van der Waals surface area (Å²) in [6.07, 6.45) is 1.10. The van der Waals surface area contributed by atoms with Gasteiger partial charge >= 0.3 is 0 Å². The number of hydrogen-bond acceptors (Lipinski definition) is 6. The number of hydrogen-bond donors (Lipinski definition) is 2. The highest BCUT2D eigenvalue weighted by atomic mass is 35.5. The molecule has 0 saturated carbocycles. The molecule has 2 aromatic rings. The molecule has 0 radical (unpaired) electrons. The summed E-state index contributed by atoms with van der Waals surface area (Å²) in [5.41, 5.74) is 6.97. The lowest BCUT2D eigenvalue weighted by molar-refractivity contribution is -0.148. The SMILES string of the molecule is CC(C)C(C(=O)N1CCC2(CC1)Oc1ccc(C#CC(=O)NCCOCCN)cc1O2)c1ccc(Cl)cc1. The van der Waals surface area contributed by atoms with Crippen molar-refractivity contribution in [2.75, 3.05) is 39.4 Å². The van der Waals surface area contributed by atoms with Crippen molar-refractivity contribution < 1.29 is 23.8 Å². The van der Waals surface area contributed by atoms with Gasteiger partial charge in [0.25, 0.3) is 11.7 Å². The number of piperidine rings is 1. The van der Waals surface area contributed by atoms with Crippen LogP contribution in [0.4, 0.5) is 0 Å². The number of likely N-dealkylation sites (tertiary alicyclic amines) is 1. The van der Waals surface area contributed by atoms with E-state index in [-0.39, 0.29) is 23.7 Å². The summed E-state index contributed by atoms with van der Waals surface area (Å²) in [6, 6.07) is 12.9. The van der Waals surface area contributed by atoms with E-state index in [0.717, 1.165) is 5.56 Å². The molecule has 1 spiro atoms. The molecule has 2 amide bonds. The quantitative estimate of drug-likeness (QED) is 0.394. The average molecular weight is 540 g/mol. The Bertz CT molecular complexity index is 1200. The molecule has 9 heteroatoms. The molecule has 8 nitrogen and oxygen atoms in total. The van der Waals surface area contributed by atoms with Crippen LogP contribution < -0.4 is 20.5 Å². The summed E-state index contributed by atoms with van der Waals surface area (Å²) in [5, 5.41) is 3.33. The van der Waals surface area contributed by atoms with E-state index in [1.54, 1.807) is 18.2 Å². The van der Waals surface area contributed by atoms with Crippen molar-refractivity contribution in [2.45, 2.75) is 38.4 Å². The molecule has 2 aliphatic rings. The molecule has 1 unspecified atom stereocenters. The standard InChI is InChI=1S/C29H34ClN3O5/c1-20(2)27(22-5-7-23(30)8-6-22)28(35)33-15-11-29(12-16-33)37-24-9-3-21(19-25(24)38-29)4-10-26(34)32-14-18-36-17-13-31/h3,5-9,19-20,27H,11-18,31H2,1-2H3,(H,32,34). The van der Waals surface area contributed by atoms with Gasteiger partial charge in [-0.1, -0.05) is 43.5 Å². The first-order chi connectivity index (χ1) is 18.3. The molecule has 1 saturated heterocycles. The largest absolute Gasteiger partial charge is 0.448 e. The highest BCUT2D eigenvalue weighted by Gasteiger charge is 2.46. The Kier molecular flexibility index (Phi) is 9.16. The third kappa shape index (κ3) is 6.79. The maximum Gasteiger partial charge on any atom is 0.296 e. The van der Waals surface area contributed by atoms with Gasteiger partial charge in [-0.25, -0.2) is 0 Å². The lowest BCUT2D eigenvalue weighted by Crippen LogP contribution is -2.52. The number of fused-ring (bicyclic) bond motifs is 1. The number of halogens is 1. The lowest BCUT2D eigenvalue weighted by atomic mass is 9.86. The third-order valence-electron chi connectivity index (χ3n) is 6.65. The first-order valence-electron chi connectivity index (χ1n) is 12.9. The van der Waals surface area contributed by atoms with Crippen LogP contribution in [0.15, 0.2) is 42.5 Å². The average Bonchev–Trinajstić information content (AvgIpc) is 3.25. The zero-order chi connectivity index (χ0) is 27.1. The summed E-state index contributed by atoms with van der Waals surface area (Å²) in [5.74, 6) is 5.50. The number of nitrogens with zero attached hydrogens (tertiary/aromatic N) is 1. The number of rotatable bonds is 8. The number of amides is 2. The molecular weight excluding hydrogens is 506 g/mol. The molecule has 1 fully saturated rings. The van der Waals surface area contributed by atoms with Gasteiger partial charge < -0.3 is 30.2 Å². The third-order valence-corrected chi connectivity index (χ3v) is 6.90. The van der Waals surface area contributed by atoms with Gasteiger partial charge in [-0.2, -0.15) is 0 Å². The minimum Gasteiger partial charge on any atom is -0.448 e. The first kappa shape index (κ1) is 27.8. The van der Waals surface area contributed by atoms with Crippen molar-refractivity contribution in [2.24, 2.45) is 11.7 Å². The van der Waals surface area contributed by atoms with Gasteiger partial charge in [0, 0.05) is 55.5 Å². The second-order valence-electron chi connectivity index (χ2n) is 9.78. The van der Waals surface area contributed by atoms with E-state index in [2.05, 4.69) is 31.0 Å². The molecule has 0 aliphatic carbocycles. The Balaban J connectivity index is 1.33. The summed E-state index contributed by atoms with van der Waals surface area (Å²) >= 11 is 6.05. The molecule has 1 atom stereocenters. The van der Waals surface area contributed by atoms with Gasteiger partial charge in [0.2, 0.25) is 5.91 Å². The topological polar surface area (TPSA) is 103 Å². The molecule has 202 valence electrons. The van der Waals surface area contributed by atoms with E-state index < -0.39 is 5.79 Å². The van der Waals surface area contributed by atoms with Crippen LogP contribution in [0.2, 0.25) is 5.02 Å². The number of carbonyl (C=O) groups is 2. The fraction of sp³-hybridized carbons (Fsp3) is 0.448. The minimum atomic E-state index is -0.806. The fourth-order valence-electron chi connectivity index (χ4n) is 4.72. The van der Waals surface area contributed by atoms with Gasteiger partial charge in [-0.15, -0.1) is 0 Å². The molecule has 3 N–H and O–H groups in total. The fourth-order valence-corrected chi connectivity index (χ4v) is 4.84. The molecule has 4 rings (SSSR count). The number of ether oxygens (including phenoxy) is 3. The van der Waals surface area contributed by atoms with Crippen LogP contribution in [0.3, 0.4) is 0 Å². The van der Waals surface area contributed by atoms with Gasteiger partial charge in [0.1, 0.15) is 0 Å². The highest BCUT2D eigenvalue weighted by molar-refractivity contribution is 6.30. The van der Waals surface area contributed by atoms with E-state index in [1.165, 1.54) is 0 Å². The predicted molar refractivity (Wildman–Crippen MR) is 145 cm³/mol. The van der Waals surface area contributed by atoms with Crippen LogP contribution in [-0.4, -0.2) is 61.9 Å². The normalized spacial score (nSPS) is 16.2. The van der Waals surface area contributed by atoms with Crippen molar-refractivity contribution in [1.82, 2.24) is 10.2 Å². The van der Waals surface area contributed by atoms with E-state index in [1.807, 2.05) is 29.2 Å². The molecule has 2 heterocycles. The van der Waals surface area contributed by atoms with Gasteiger partial charge in [-0.05, 0) is 41.8 Å². The summed E-state index contributed by atoms with van der Waals surface area (Å²) in [7, 11) is 0. The van der Waals surface area contributed by atoms with Crippen molar-refractivity contribution in [1.29, 1.82) is 0 Å². The first-order valence-corrected chi connectivity index (χ1v) is 13.3. The van der Waals surface area contributed by atoms with Crippen LogP contribution >= 0.6 is 11.6 Å². The van der Waals surface area contributed by atoms with Crippen LogP contribution in [0.1, 0.15) is 43.7 Å². The second-order valence-corrected chi connectivity index (χ2v) is 10.2. The number of benzene rings is 2. The van der Waals surface area contributed by atoms with Gasteiger partial charge in [0.05, 0.1) is 19.1 Å². The van der Waals surface area contributed by atoms with Gasteiger partial charge in [-0.3, -0.25) is 9.59 Å². The van der Waals surface area contributed by atoms with Gasteiger partial charge in [0.15, 0.2) is 11.5 Å². The molecular formula is C29H34ClN3O5. The van der Waals surface area contributed by atoms with Crippen LogP contribution in [-0.2, 0) is 14.3 Å². The Hall–Kier alpha value is -3.25. The molecule has 0 aromatic heterocycles. The van der Waals surface area contributed by atoms with Crippen LogP contribution in [0.25, 0.3) is 0 Å². The zero-order valence-electron chi connectivity index (χ0n) is 21.8. The number of carbonyl (C=O) groups excluding carboxylic acids is 2. The molecule has 2 aliphatic heterocycles. The molecule has 0 bridgehead atoms. The summed E-state index contributed by atoms with van der Waals surface area (Å²) in [6.45, 7) is 6.84. The Morgan fingerprint density at radius 3 is 2.50 bits per heavy atom. The second kappa shape index (κ2) is 12.5. The van der Waals surface area contributed by atoms with Crippen molar-refractivity contribution in [3.8, 4) is 23.3 Å². The number of nitrogens with one attached hydrogen (secondary N) is 1. The zero-order valence-corrected chi connectivity index (χ0v) is 22.6. The maximum absolute atomic E-state index is 13.5. The van der Waals surface area contributed by atoms with E-state index in [0.29, 0.717) is 74.3 Å². The number of nitrogens with two attached hydrogens (primary N) is 1. The van der Waals surface area contributed by atoms with Crippen molar-refractivity contribution >= 4 is 23.4 Å². The summed E-state index contributed by atoms with van der Waals surface area (Å²) < 4.78 is 17.7. The minimum absolute atomic E-state index is 0.106. The highest BCUT2D eigenvalue weighted by Crippen LogP contribution is 2.44. The monoisotopic (exact) mass is 539 g/mol. The van der Waals surface area contributed by atoms with Crippen molar-refractivity contribution in [3.05, 3.63) is 58.6 Å². The lowest BCUT2D eigenvalue weighted by Gasteiger charge is -2.39. The Morgan fingerprint density at radius 2 is 1.82 bits per heavy atom.